The molecule has 3 unspecified atom stereocenters. The van der Waals surface area contributed by atoms with E-state index >= 15 is 0 Å². The molecule has 0 saturated heterocycles. The molecule has 3 atom stereocenters. The summed E-state index contributed by atoms with van der Waals surface area (Å²) in [6, 6.07) is 9.44. The monoisotopic (exact) mass is 251 g/mol. The second-order valence-corrected chi connectivity index (χ2v) is 6.02. The van der Waals surface area contributed by atoms with Crippen LogP contribution in [0.3, 0.4) is 0 Å². The average Bonchev–Trinajstić information content (AvgIpc) is 2.28. The molecule has 2 nitrogen and oxygen atoms in total. The third kappa shape index (κ3) is 3.47. The van der Waals surface area contributed by atoms with Crippen molar-refractivity contribution in [2.75, 3.05) is 5.75 Å². The number of aliphatic hydroxyl groups is 1. The molecule has 0 aliphatic carbocycles. The Morgan fingerprint density at radius 2 is 2.18 bits per heavy atom. The summed E-state index contributed by atoms with van der Waals surface area (Å²) >= 11 is 1.94. The summed E-state index contributed by atoms with van der Waals surface area (Å²) in [4.78, 5) is 1.40. The van der Waals surface area contributed by atoms with Crippen molar-refractivity contribution in [1.29, 1.82) is 0 Å². The molecule has 1 aromatic rings. The van der Waals surface area contributed by atoms with Crippen molar-refractivity contribution >= 4 is 11.8 Å². The molecule has 1 aliphatic heterocycles. The van der Waals surface area contributed by atoms with Gasteiger partial charge in [0, 0.05) is 17.0 Å². The first-order valence-electron chi connectivity index (χ1n) is 6.32. The van der Waals surface area contributed by atoms with E-state index in [0.717, 1.165) is 6.42 Å². The van der Waals surface area contributed by atoms with E-state index in [-0.39, 0.29) is 6.10 Å². The van der Waals surface area contributed by atoms with Crippen LogP contribution in [-0.2, 0) is 0 Å². The van der Waals surface area contributed by atoms with Crippen LogP contribution >= 0.6 is 11.8 Å². The van der Waals surface area contributed by atoms with Crippen molar-refractivity contribution < 1.29 is 5.11 Å². The lowest BCUT2D eigenvalue weighted by atomic mass is 10.0. The third-order valence-electron chi connectivity index (χ3n) is 3.14. The molecule has 2 rings (SSSR count). The second kappa shape index (κ2) is 5.89. The van der Waals surface area contributed by atoms with Gasteiger partial charge in [0.15, 0.2) is 0 Å². The Balaban J connectivity index is 2.03. The van der Waals surface area contributed by atoms with Crippen LogP contribution in [0.4, 0.5) is 0 Å². The van der Waals surface area contributed by atoms with E-state index in [1.807, 2.05) is 18.7 Å². The predicted molar refractivity (Wildman–Crippen MR) is 73.4 cm³/mol. The number of aliphatic hydroxyl groups excluding tert-OH is 1. The van der Waals surface area contributed by atoms with Crippen molar-refractivity contribution in [3.8, 4) is 0 Å². The summed E-state index contributed by atoms with van der Waals surface area (Å²) in [6.07, 6.45) is 1.75. The van der Waals surface area contributed by atoms with Crippen LogP contribution in [0, 0.1) is 0 Å². The van der Waals surface area contributed by atoms with E-state index < -0.39 is 0 Å². The molecule has 1 aromatic carbocycles. The van der Waals surface area contributed by atoms with E-state index in [0.29, 0.717) is 12.1 Å². The maximum Gasteiger partial charge on any atom is 0.0526 e. The molecule has 3 heteroatoms. The molecule has 2 N–H and O–H groups in total. The number of hydrogen-bond acceptors (Lipinski definition) is 3. The maximum atomic E-state index is 9.40. The first kappa shape index (κ1) is 12.9. The lowest BCUT2D eigenvalue weighted by Gasteiger charge is -2.29. The maximum absolute atomic E-state index is 9.40. The largest absolute Gasteiger partial charge is 0.393 e. The molecule has 0 aromatic heterocycles. The molecule has 0 saturated carbocycles. The highest BCUT2D eigenvalue weighted by Gasteiger charge is 2.21. The van der Waals surface area contributed by atoms with Crippen molar-refractivity contribution in [2.24, 2.45) is 0 Å². The molecular formula is C14H21NOS. The summed E-state index contributed by atoms with van der Waals surface area (Å²) in [5, 5.41) is 13.0. The minimum Gasteiger partial charge on any atom is -0.393 e. The van der Waals surface area contributed by atoms with Crippen molar-refractivity contribution in [2.45, 2.75) is 49.8 Å². The third-order valence-corrected chi connectivity index (χ3v) is 4.26. The lowest BCUT2D eigenvalue weighted by molar-refractivity contribution is 0.167. The van der Waals surface area contributed by atoms with Crippen LogP contribution in [0.2, 0.25) is 0 Å². The van der Waals surface area contributed by atoms with E-state index in [4.69, 9.17) is 0 Å². The van der Waals surface area contributed by atoms with Gasteiger partial charge < -0.3 is 10.4 Å². The van der Waals surface area contributed by atoms with E-state index in [1.165, 1.54) is 22.6 Å². The van der Waals surface area contributed by atoms with Gasteiger partial charge >= 0.3 is 0 Å². The van der Waals surface area contributed by atoms with Crippen molar-refractivity contribution in [1.82, 2.24) is 5.32 Å². The Kier molecular flexibility index (Phi) is 4.48. The van der Waals surface area contributed by atoms with Crippen LogP contribution in [0.5, 0.6) is 0 Å². The second-order valence-electron chi connectivity index (χ2n) is 4.88. The molecule has 0 bridgehead atoms. The molecule has 0 amide bonds. The van der Waals surface area contributed by atoms with Crippen molar-refractivity contribution in [3.05, 3.63) is 29.8 Å². The quantitative estimate of drug-likeness (QED) is 0.863. The minimum atomic E-state index is -0.231. The molecular weight excluding hydrogens is 230 g/mol. The van der Waals surface area contributed by atoms with E-state index in [1.54, 1.807) is 0 Å². The zero-order chi connectivity index (χ0) is 12.3. The molecule has 0 radical (unpaired) electrons. The smallest absolute Gasteiger partial charge is 0.0526 e. The molecule has 0 fully saturated rings. The Morgan fingerprint density at radius 1 is 1.41 bits per heavy atom. The Bertz CT molecular complexity index is 367. The Labute approximate surface area is 108 Å². The van der Waals surface area contributed by atoms with Crippen LogP contribution in [0.25, 0.3) is 0 Å². The number of fused-ring (bicyclic) bond motifs is 1. The van der Waals surface area contributed by atoms with Gasteiger partial charge in [-0.15, -0.1) is 11.8 Å². The lowest BCUT2D eigenvalue weighted by Crippen LogP contribution is -2.34. The summed E-state index contributed by atoms with van der Waals surface area (Å²) in [5.41, 5.74) is 1.42. The first-order chi connectivity index (χ1) is 8.16. The summed E-state index contributed by atoms with van der Waals surface area (Å²) in [7, 11) is 0. The molecule has 94 valence electrons. The van der Waals surface area contributed by atoms with Gasteiger partial charge in [0.2, 0.25) is 0 Å². The van der Waals surface area contributed by atoms with Gasteiger partial charge in [-0.3, -0.25) is 0 Å². The van der Waals surface area contributed by atoms with Gasteiger partial charge in [0.25, 0.3) is 0 Å². The fourth-order valence-corrected chi connectivity index (χ4v) is 3.56. The van der Waals surface area contributed by atoms with E-state index in [2.05, 4.69) is 36.5 Å². The standard InChI is InChI=1S/C14H21NOS/c1-10(9-11(2)16)15-13-7-8-17-14-6-4-3-5-12(13)14/h3-6,10-11,13,15-16H,7-9H2,1-2H3. The Morgan fingerprint density at radius 3 is 2.94 bits per heavy atom. The fraction of sp³-hybridized carbons (Fsp3) is 0.571. The highest BCUT2D eigenvalue weighted by atomic mass is 32.2. The summed E-state index contributed by atoms with van der Waals surface area (Å²) < 4.78 is 0. The number of rotatable bonds is 4. The molecule has 1 aliphatic rings. The number of benzene rings is 1. The zero-order valence-corrected chi connectivity index (χ0v) is 11.3. The van der Waals surface area contributed by atoms with Gasteiger partial charge in [0.05, 0.1) is 6.10 Å². The highest BCUT2D eigenvalue weighted by Crippen LogP contribution is 2.36. The number of hydrogen-bond donors (Lipinski definition) is 2. The summed E-state index contributed by atoms with van der Waals surface area (Å²) in [6.45, 7) is 4.00. The van der Waals surface area contributed by atoms with Gasteiger partial charge in [0.1, 0.15) is 0 Å². The minimum absolute atomic E-state index is 0.231. The highest BCUT2D eigenvalue weighted by molar-refractivity contribution is 7.99. The fourth-order valence-electron chi connectivity index (χ4n) is 2.44. The molecule has 1 heterocycles. The van der Waals surface area contributed by atoms with E-state index in [9.17, 15) is 5.11 Å². The van der Waals surface area contributed by atoms with Crippen LogP contribution in [0.15, 0.2) is 29.2 Å². The topological polar surface area (TPSA) is 32.3 Å². The summed E-state index contributed by atoms with van der Waals surface area (Å²) in [5.74, 6) is 1.18. The SMILES string of the molecule is CC(O)CC(C)NC1CCSc2ccccc21. The van der Waals surface area contributed by atoms with Crippen LogP contribution < -0.4 is 5.32 Å². The van der Waals surface area contributed by atoms with Gasteiger partial charge in [-0.2, -0.15) is 0 Å². The molecule has 0 spiro atoms. The number of thioether (sulfide) groups is 1. The Hall–Kier alpha value is -0.510. The number of nitrogens with one attached hydrogen (secondary N) is 1. The first-order valence-corrected chi connectivity index (χ1v) is 7.31. The van der Waals surface area contributed by atoms with Crippen molar-refractivity contribution in [3.63, 3.8) is 0 Å². The zero-order valence-electron chi connectivity index (χ0n) is 10.5. The van der Waals surface area contributed by atoms with Crippen LogP contribution in [0.1, 0.15) is 38.3 Å². The molecule has 17 heavy (non-hydrogen) atoms. The predicted octanol–water partition coefficient (Wildman–Crippen LogP) is 2.97. The van der Waals surface area contributed by atoms with Gasteiger partial charge in [-0.1, -0.05) is 18.2 Å². The van der Waals surface area contributed by atoms with Gasteiger partial charge in [-0.25, -0.2) is 0 Å². The van der Waals surface area contributed by atoms with Crippen LogP contribution in [-0.4, -0.2) is 23.0 Å². The average molecular weight is 251 g/mol. The normalized spacial score (nSPS) is 22.9. The van der Waals surface area contributed by atoms with Gasteiger partial charge in [-0.05, 0) is 44.1 Å².